The number of rotatable bonds is 1. The SMILES string of the molecule is Nc1cccnc1C1CCN1. The maximum Gasteiger partial charge on any atom is 0.0802 e. The van der Waals surface area contributed by atoms with Crippen molar-refractivity contribution in [2.75, 3.05) is 12.3 Å². The lowest BCUT2D eigenvalue weighted by atomic mass is 10.0. The molecular formula is C8H11N3. The number of nitrogens with two attached hydrogens (primary N) is 1. The Balaban J connectivity index is 2.28. The monoisotopic (exact) mass is 149 g/mol. The Morgan fingerprint density at radius 2 is 2.45 bits per heavy atom. The maximum atomic E-state index is 5.73. The molecule has 1 unspecified atom stereocenters. The molecule has 1 aliphatic rings. The van der Waals surface area contributed by atoms with Crippen LogP contribution in [0.1, 0.15) is 18.2 Å². The van der Waals surface area contributed by atoms with Crippen molar-refractivity contribution in [1.82, 2.24) is 10.3 Å². The summed E-state index contributed by atoms with van der Waals surface area (Å²) in [6.07, 6.45) is 2.94. The number of aromatic nitrogens is 1. The standard InChI is InChI=1S/C8H11N3/c9-6-2-1-4-11-8(6)7-3-5-10-7/h1-2,4,7,10H,3,5,9H2. The van der Waals surface area contributed by atoms with Crippen LogP contribution in [0.25, 0.3) is 0 Å². The Bertz CT molecular complexity index is 255. The van der Waals surface area contributed by atoms with Gasteiger partial charge in [0.05, 0.1) is 17.4 Å². The zero-order valence-corrected chi connectivity index (χ0v) is 6.25. The molecule has 2 heterocycles. The highest BCUT2D eigenvalue weighted by molar-refractivity contribution is 5.44. The number of hydrogen-bond acceptors (Lipinski definition) is 3. The lowest BCUT2D eigenvalue weighted by Gasteiger charge is -2.27. The zero-order chi connectivity index (χ0) is 7.68. The molecule has 1 aliphatic heterocycles. The van der Waals surface area contributed by atoms with Crippen molar-refractivity contribution in [3.8, 4) is 0 Å². The summed E-state index contributed by atoms with van der Waals surface area (Å²) in [6.45, 7) is 1.08. The van der Waals surface area contributed by atoms with Crippen molar-refractivity contribution >= 4 is 5.69 Å². The minimum atomic E-state index is 0.399. The van der Waals surface area contributed by atoms with Gasteiger partial charge in [-0.25, -0.2) is 0 Å². The van der Waals surface area contributed by atoms with E-state index in [0.717, 1.165) is 24.3 Å². The normalized spacial score (nSPS) is 22.7. The van der Waals surface area contributed by atoms with Crippen LogP contribution in [0.5, 0.6) is 0 Å². The van der Waals surface area contributed by atoms with Crippen LogP contribution in [-0.2, 0) is 0 Å². The molecule has 0 aromatic carbocycles. The van der Waals surface area contributed by atoms with E-state index < -0.39 is 0 Å². The second kappa shape index (κ2) is 2.51. The van der Waals surface area contributed by atoms with Gasteiger partial charge in [-0.2, -0.15) is 0 Å². The van der Waals surface area contributed by atoms with E-state index in [1.54, 1.807) is 6.20 Å². The van der Waals surface area contributed by atoms with Crippen molar-refractivity contribution in [2.24, 2.45) is 0 Å². The average molecular weight is 149 g/mol. The van der Waals surface area contributed by atoms with Crippen LogP contribution in [0.15, 0.2) is 18.3 Å². The van der Waals surface area contributed by atoms with E-state index in [2.05, 4.69) is 10.3 Å². The first kappa shape index (κ1) is 6.61. The molecule has 11 heavy (non-hydrogen) atoms. The number of pyridine rings is 1. The summed E-state index contributed by atoms with van der Waals surface area (Å²) in [6, 6.07) is 4.15. The molecule has 3 nitrogen and oxygen atoms in total. The molecule has 1 saturated heterocycles. The molecule has 0 spiro atoms. The number of nitrogens with zero attached hydrogens (tertiary/aromatic N) is 1. The van der Waals surface area contributed by atoms with E-state index in [1.165, 1.54) is 0 Å². The summed E-state index contributed by atoms with van der Waals surface area (Å²) in [5.41, 5.74) is 7.52. The molecule has 0 bridgehead atoms. The van der Waals surface area contributed by atoms with Gasteiger partial charge in [0.1, 0.15) is 0 Å². The fourth-order valence-corrected chi connectivity index (χ4v) is 1.24. The molecule has 0 amide bonds. The molecule has 1 atom stereocenters. The summed E-state index contributed by atoms with van der Waals surface area (Å²) < 4.78 is 0. The summed E-state index contributed by atoms with van der Waals surface area (Å²) in [5.74, 6) is 0. The Hall–Kier alpha value is -1.09. The van der Waals surface area contributed by atoms with E-state index in [1.807, 2.05) is 12.1 Å². The third-order valence-electron chi connectivity index (χ3n) is 2.03. The van der Waals surface area contributed by atoms with Gasteiger partial charge >= 0.3 is 0 Å². The van der Waals surface area contributed by atoms with Gasteiger partial charge in [-0.1, -0.05) is 0 Å². The minimum absolute atomic E-state index is 0.399. The minimum Gasteiger partial charge on any atom is -0.397 e. The van der Waals surface area contributed by atoms with E-state index in [-0.39, 0.29) is 0 Å². The molecular weight excluding hydrogens is 138 g/mol. The molecule has 1 aromatic heterocycles. The number of hydrogen-bond donors (Lipinski definition) is 2. The molecule has 58 valence electrons. The van der Waals surface area contributed by atoms with Crippen LogP contribution in [-0.4, -0.2) is 11.5 Å². The quantitative estimate of drug-likeness (QED) is 0.618. The van der Waals surface area contributed by atoms with Gasteiger partial charge < -0.3 is 11.1 Å². The van der Waals surface area contributed by atoms with E-state index in [0.29, 0.717) is 6.04 Å². The zero-order valence-electron chi connectivity index (χ0n) is 6.25. The summed E-state index contributed by atoms with van der Waals surface area (Å²) in [7, 11) is 0. The van der Waals surface area contributed by atoms with Crippen LogP contribution in [0.3, 0.4) is 0 Å². The predicted octanol–water partition coefficient (Wildman–Crippen LogP) is 0.698. The second-order valence-electron chi connectivity index (χ2n) is 2.77. The lowest BCUT2D eigenvalue weighted by Crippen LogP contribution is -2.36. The fourth-order valence-electron chi connectivity index (χ4n) is 1.24. The van der Waals surface area contributed by atoms with E-state index in [9.17, 15) is 0 Å². The van der Waals surface area contributed by atoms with Gasteiger partial charge in [0.25, 0.3) is 0 Å². The Labute approximate surface area is 65.6 Å². The summed E-state index contributed by atoms with van der Waals surface area (Å²) in [5, 5.41) is 3.26. The average Bonchev–Trinajstić information content (AvgIpc) is 1.90. The second-order valence-corrected chi connectivity index (χ2v) is 2.77. The van der Waals surface area contributed by atoms with Gasteiger partial charge in [0, 0.05) is 6.20 Å². The highest BCUT2D eigenvalue weighted by atomic mass is 15.0. The molecule has 0 aliphatic carbocycles. The molecule has 0 saturated carbocycles. The lowest BCUT2D eigenvalue weighted by molar-refractivity contribution is 0.376. The number of nitrogen functional groups attached to an aromatic ring is 1. The first-order chi connectivity index (χ1) is 5.38. The Morgan fingerprint density at radius 1 is 1.64 bits per heavy atom. The first-order valence-electron chi connectivity index (χ1n) is 3.81. The van der Waals surface area contributed by atoms with Crippen molar-refractivity contribution in [1.29, 1.82) is 0 Å². The van der Waals surface area contributed by atoms with Gasteiger partial charge in [-0.15, -0.1) is 0 Å². The first-order valence-corrected chi connectivity index (χ1v) is 3.81. The topological polar surface area (TPSA) is 50.9 Å². The third kappa shape index (κ3) is 1.07. The van der Waals surface area contributed by atoms with Crippen molar-refractivity contribution < 1.29 is 0 Å². The molecule has 1 aromatic rings. The van der Waals surface area contributed by atoms with Crippen LogP contribution in [0, 0.1) is 0 Å². The fraction of sp³-hybridized carbons (Fsp3) is 0.375. The molecule has 0 radical (unpaired) electrons. The Morgan fingerprint density at radius 3 is 3.00 bits per heavy atom. The van der Waals surface area contributed by atoms with Crippen LogP contribution in [0.2, 0.25) is 0 Å². The van der Waals surface area contributed by atoms with Crippen LogP contribution < -0.4 is 11.1 Å². The highest BCUT2D eigenvalue weighted by Gasteiger charge is 2.21. The van der Waals surface area contributed by atoms with E-state index >= 15 is 0 Å². The molecule has 2 rings (SSSR count). The van der Waals surface area contributed by atoms with Crippen molar-refractivity contribution in [3.63, 3.8) is 0 Å². The Kier molecular flexibility index (Phi) is 1.51. The van der Waals surface area contributed by atoms with Crippen molar-refractivity contribution in [2.45, 2.75) is 12.5 Å². The van der Waals surface area contributed by atoms with Gasteiger partial charge in [0.15, 0.2) is 0 Å². The summed E-state index contributed by atoms with van der Waals surface area (Å²) >= 11 is 0. The van der Waals surface area contributed by atoms with Gasteiger partial charge in [-0.3, -0.25) is 4.98 Å². The van der Waals surface area contributed by atoms with Crippen LogP contribution in [0.4, 0.5) is 5.69 Å². The van der Waals surface area contributed by atoms with E-state index in [4.69, 9.17) is 5.73 Å². The smallest absolute Gasteiger partial charge is 0.0802 e. The predicted molar refractivity (Wildman–Crippen MR) is 44.0 cm³/mol. The molecule has 1 fully saturated rings. The summed E-state index contributed by atoms with van der Waals surface area (Å²) in [4.78, 5) is 4.21. The molecule has 3 heteroatoms. The van der Waals surface area contributed by atoms with Crippen molar-refractivity contribution in [3.05, 3.63) is 24.0 Å². The molecule has 3 N–H and O–H groups in total. The van der Waals surface area contributed by atoms with Gasteiger partial charge in [-0.05, 0) is 25.1 Å². The largest absolute Gasteiger partial charge is 0.397 e. The number of anilines is 1. The highest BCUT2D eigenvalue weighted by Crippen LogP contribution is 2.24. The maximum absolute atomic E-state index is 5.73. The van der Waals surface area contributed by atoms with Crippen LogP contribution >= 0.6 is 0 Å². The van der Waals surface area contributed by atoms with Gasteiger partial charge in [0.2, 0.25) is 0 Å². The number of nitrogens with one attached hydrogen (secondary N) is 1. The third-order valence-corrected chi connectivity index (χ3v) is 2.03.